The van der Waals surface area contributed by atoms with Gasteiger partial charge in [0.15, 0.2) is 0 Å². The molecule has 6 heteroatoms. The van der Waals surface area contributed by atoms with Gasteiger partial charge < -0.3 is 9.47 Å². The van der Waals surface area contributed by atoms with Crippen LogP contribution in [0.3, 0.4) is 0 Å². The van der Waals surface area contributed by atoms with Crippen LogP contribution in [0.4, 0.5) is 0 Å². The zero-order valence-electron chi connectivity index (χ0n) is 16.4. The molecule has 2 aromatic rings. The predicted molar refractivity (Wildman–Crippen MR) is 128 cm³/mol. The monoisotopic (exact) mass is 488 g/mol. The molecule has 0 saturated heterocycles. The summed E-state index contributed by atoms with van der Waals surface area (Å²) in [5.41, 5.74) is 4.50. The average molecular weight is 490 g/mol. The average Bonchev–Trinajstić information content (AvgIpc) is 2.60. The van der Waals surface area contributed by atoms with Gasteiger partial charge >= 0.3 is 0 Å². The fourth-order valence-corrected chi connectivity index (χ4v) is 4.46. The van der Waals surface area contributed by atoms with Crippen LogP contribution in [-0.2, 0) is 5.41 Å². The Morgan fingerprint density at radius 3 is 1.70 bits per heavy atom. The standard InChI is InChI=1S/C21H24B2Br2O2/c1-5-7-26-19-15(22)9-13(10-16(19)23)21(3,4)14-11-17(24)20(18(25)12-14)27-8-6-2/h5-6,9-12H,1-2,7-8,22-23H2,3-4H3. The molecule has 0 aliphatic heterocycles. The fourth-order valence-electron chi connectivity index (χ4n) is 3.05. The number of hydrogen-bond donors (Lipinski definition) is 0. The van der Waals surface area contributed by atoms with Crippen molar-refractivity contribution in [3.05, 3.63) is 69.6 Å². The van der Waals surface area contributed by atoms with Crippen LogP contribution in [0.5, 0.6) is 11.5 Å². The van der Waals surface area contributed by atoms with E-state index in [0.29, 0.717) is 13.2 Å². The fraction of sp³-hybridized carbons (Fsp3) is 0.238. The Hall–Kier alpha value is -1.39. The largest absolute Gasteiger partial charge is 0.491 e. The van der Waals surface area contributed by atoms with E-state index < -0.39 is 0 Å². The van der Waals surface area contributed by atoms with Crippen molar-refractivity contribution in [3.63, 3.8) is 0 Å². The number of halogens is 2. The molecule has 2 nitrogen and oxygen atoms in total. The maximum Gasteiger partial charge on any atom is 0.148 e. The zero-order valence-corrected chi connectivity index (χ0v) is 19.5. The van der Waals surface area contributed by atoms with E-state index in [1.165, 1.54) is 11.1 Å². The topological polar surface area (TPSA) is 18.5 Å². The molecule has 0 saturated carbocycles. The zero-order chi connectivity index (χ0) is 20.2. The van der Waals surface area contributed by atoms with Gasteiger partial charge in [0.2, 0.25) is 0 Å². The normalized spacial score (nSPS) is 11.1. The summed E-state index contributed by atoms with van der Waals surface area (Å²) < 4.78 is 13.4. The van der Waals surface area contributed by atoms with Crippen LogP contribution in [0.2, 0.25) is 0 Å². The summed E-state index contributed by atoms with van der Waals surface area (Å²) in [6, 6.07) is 8.65. The maximum absolute atomic E-state index is 5.82. The molecule has 0 aliphatic rings. The summed E-state index contributed by atoms with van der Waals surface area (Å²) >= 11 is 7.29. The van der Waals surface area contributed by atoms with Crippen molar-refractivity contribution >= 4 is 58.5 Å². The maximum atomic E-state index is 5.82. The molecular formula is C21H24B2Br2O2. The first-order valence-corrected chi connectivity index (χ1v) is 10.4. The molecule has 0 spiro atoms. The highest BCUT2D eigenvalue weighted by Crippen LogP contribution is 2.40. The van der Waals surface area contributed by atoms with Crippen LogP contribution >= 0.6 is 31.9 Å². The van der Waals surface area contributed by atoms with E-state index >= 15 is 0 Å². The SMILES string of the molecule is Bc1cc(C(C)(C)c2cc(Br)c(OCC=C)c(Br)c2)cc(B)c1OCC=C. The third-order valence-corrected chi connectivity index (χ3v) is 5.77. The van der Waals surface area contributed by atoms with Crippen molar-refractivity contribution in [1.82, 2.24) is 0 Å². The van der Waals surface area contributed by atoms with Crippen LogP contribution in [0, 0.1) is 0 Å². The Labute approximate surface area is 181 Å². The lowest BCUT2D eigenvalue weighted by Gasteiger charge is -2.29. The van der Waals surface area contributed by atoms with E-state index in [0.717, 1.165) is 31.4 Å². The third-order valence-electron chi connectivity index (χ3n) is 4.59. The minimum atomic E-state index is -0.186. The molecule has 0 N–H and O–H groups in total. The minimum Gasteiger partial charge on any atom is -0.491 e. The van der Waals surface area contributed by atoms with Gasteiger partial charge in [0.1, 0.15) is 40.4 Å². The molecule has 0 unspecified atom stereocenters. The molecule has 0 amide bonds. The van der Waals surface area contributed by atoms with Gasteiger partial charge in [0.05, 0.1) is 8.95 Å². The van der Waals surface area contributed by atoms with Gasteiger partial charge in [-0.15, -0.1) is 0 Å². The molecule has 0 fully saturated rings. The van der Waals surface area contributed by atoms with Gasteiger partial charge in [-0.3, -0.25) is 0 Å². The first-order valence-electron chi connectivity index (χ1n) is 8.81. The quantitative estimate of drug-likeness (QED) is 0.419. The number of ether oxygens (including phenoxy) is 2. The lowest BCUT2D eigenvalue weighted by atomic mass is 9.73. The van der Waals surface area contributed by atoms with Gasteiger partial charge in [-0.25, -0.2) is 0 Å². The van der Waals surface area contributed by atoms with E-state index in [9.17, 15) is 0 Å². The molecule has 2 aromatic carbocycles. The van der Waals surface area contributed by atoms with Crippen molar-refractivity contribution in [2.45, 2.75) is 19.3 Å². The number of hydrogen-bond acceptors (Lipinski definition) is 2. The van der Waals surface area contributed by atoms with Gasteiger partial charge in [-0.05, 0) is 66.0 Å². The highest BCUT2D eigenvalue weighted by Gasteiger charge is 2.26. The van der Waals surface area contributed by atoms with Crippen LogP contribution in [-0.4, -0.2) is 28.9 Å². The Morgan fingerprint density at radius 2 is 1.26 bits per heavy atom. The Kier molecular flexibility index (Phi) is 7.47. The molecule has 140 valence electrons. The number of rotatable bonds is 8. The lowest BCUT2D eigenvalue weighted by molar-refractivity contribution is 0.358. The van der Waals surface area contributed by atoms with Crippen molar-refractivity contribution in [2.75, 3.05) is 13.2 Å². The summed E-state index contributed by atoms with van der Waals surface area (Å²) in [5, 5.41) is 0. The van der Waals surface area contributed by atoms with E-state index in [-0.39, 0.29) is 5.41 Å². The van der Waals surface area contributed by atoms with E-state index in [1.807, 2.05) is 0 Å². The van der Waals surface area contributed by atoms with Crippen LogP contribution in [0.15, 0.2) is 58.5 Å². The third kappa shape index (κ3) is 4.91. The van der Waals surface area contributed by atoms with E-state index in [1.54, 1.807) is 12.2 Å². The molecule has 0 atom stereocenters. The Bertz CT molecular complexity index is 748. The minimum absolute atomic E-state index is 0.186. The first kappa shape index (κ1) is 21.9. The van der Waals surface area contributed by atoms with Gasteiger partial charge in [-0.1, -0.05) is 51.3 Å². The molecule has 0 aliphatic carbocycles. The van der Waals surface area contributed by atoms with Crippen LogP contribution in [0.25, 0.3) is 0 Å². The summed E-state index contributed by atoms with van der Waals surface area (Å²) in [4.78, 5) is 0. The summed E-state index contributed by atoms with van der Waals surface area (Å²) in [5.74, 6) is 1.72. The van der Waals surface area contributed by atoms with Crippen molar-refractivity contribution in [1.29, 1.82) is 0 Å². The second kappa shape index (κ2) is 9.20. The number of benzene rings is 2. The van der Waals surface area contributed by atoms with Crippen LogP contribution < -0.4 is 20.4 Å². The van der Waals surface area contributed by atoms with Crippen LogP contribution in [0.1, 0.15) is 25.0 Å². The van der Waals surface area contributed by atoms with Crippen molar-refractivity contribution < 1.29 is 9.47 Å². The van der Waals surface area contributed by atoms with Gasteiger partial charge in [-0.2, -0.15) is 0 Å². The lowest BCUT2D eigenvalue weighted by Crippen LogP contribution is -2.27. The van der Waals surface area contributed by atoms with Crippen molar-refractivity contribution in [3.8, 4) is 11.5 Å². The summed E-state index contributed by atoms with van der Waals surface area (Å²) in [6.07, 6.45) is 3.50. The molecule has 0 aromatic heterocycles. The van der Waals surface area contributed by atoms with Gasteiger partial charge in [0, 0.05) is 5.41 Å². The van der Waals surface area contributed by atoms with Gasteiger partial charge in [0.25, 0.3) is 0 Å². The molecule has 27 heavy (non-hydrogen) atoms. The molecule has 0 radical (unpaired) electrons. The van der Waals surface area contributed by atoms with Crippen molar-refractivity contribution in [2.24, 2.45) is 0 Å². The molecule has 0 bridgehead atoms. The highest BCUT2D eigenvalue weighted by atomic mass is 79.9. The summed E-state index contributed by atoms with van der Waals surface area (Å²) in [6.45, 7) is 12.9. The second-order valence-electron chi connectivity index (χ2n) is 7.03. The summed E-state index contributed by atoms with van der Waals surface area (Å²) in [7, 11) is 4.17. The predicted octanol–water partition coefficient (Wildman–Crippen LogP) is 3.18. The Morgan fingerprint density at radius 1 is 0.852 bits per heavy atom. The molecule has 0 heterocycles. The molecule has 2 rings (SSSR count). The smallest absolute Gasteiger partial charge is 0.148 e. The first-order chi connectivity index (χ1) is 12.7. The Balaban J connectivity index is 2.46. The van der Waals surface area contributed by atoms with E-state index in [2.05, 4.69) is 98.8 Å². The molecular weight excluding hydrogens is 466 g/mol. The highest BCUT2D eigenvalue weighted by molar-refractivity contribution is 9.11. The van der Waals surface area contributed by atoms with E-state index in [4.69, 9.17) is 9.47 Å². The second-order valence-corrected chi connectivity index (χ2v) is 8.74.